The molecule has 1 N–H and O–H groups in total. The van der Waals surface area contributed by atoms with Gasteiger partial charge in [0.2, 0.25) is 0 Å². The molecule has 1 aromatic heterocycles. The van der Waals surface area contributed by atoms with Gasteiger partial charge in [-0.15, -0.1) is 0 Å². The van der Waals surface area contributed by atoms with E-state index in [9.17, 15) is 9.59 Å². The number of nitrogens with zero attached hydrogens (tertiary/aromatic N) is 4. The van der Waals surface area contributed by atoms with Gasteiger partial charge in [0.05, 0.1) is 19.7 Å². The number of carbonyl (C=O) groups excluding carboxylic acids is 2. The molecule has 1 fully saturated rings. The number of urea groups is 1. The van der Waals surface area contributed by atoms with Gasteiger partial charge in [0, 0.05) is 50.2 Å². The van der Waals surface area contributed by atoms with Gasteiger partial charge in [-0.25, -0.2) is 14.8 Å². The normalized spacial score (nSPS) is 13.5. The summed E-state index contributed by atoms with van der Waals surface area (Å²) in [7, 11) is 3.18. The molecule has 0 atom stereocenters. The van der Waals surface area contributed by atoms with Gasteiger partial charge >= 0.3 is 12.0 Å². The van der Waals surface area contributed by atoms with Crippen LogP contribution in [-0.2, 0) is 4.79 Å². The highest BCUT2D eigenvalue weighted by Gasteiger charge is 2.24. The Morgan fingerprint density at radius 3 is 2.24 bits per heavy atom. The molecule has 0 saturated carbocycles. The van der Waals surface area contributed by atoms with Crippen LogP contribution in [0.4, 0.5) is 16.3 Å². The second-order valence-corrected chi connectivity index (χ2v) is 7.44. The molecule has 1 aliphatic rings. The summed E-state index contributed by atoms with van der Waals surface area (Å²) in [5.74, 6) is 2.05. The summed E-state index contributed by atoms with van der Waals surface area (Å²) in [6, 6.07) is 10.2. The largest absolute Gasteiger partial charge is 0.493 e. The van der Waals surface area contributed by atoms with E-state index in [1.807, 2.05) is 12.1 Å². The van der Waals surface area contributed by atoms with Crippen LogP contribution < -0.4 is 24.4 Å². The number of piperazine rings is 1. The number of benzene rings is 2. The van der Waals surface area contributed by atoms with E-state index in [4.69, 9.17) is 14.2 Å². The number of rotatable bonds is 5. The van der Waals surface area contributed by atoms with Gasteiger partial charge in [-0.2, -0.15) is 0 Å². The van der Waals surface area contributed by atoms with Crippen LogP contribution in [0, 0.1) is 0 Å². The Hall–Kier alpha value is -4.08. The lowest BCUT2D eigenvalue weighted by atomic mass is 10.2. The quantitative estimate of drug-likeness (QED) is 0.466. The van der Waals surface area contributed by atoms with Crippen molar-refractivity contribution in [2.45, 2.75) is 6.92 Å². The number of methoxy groups -OCH3 is 2. The molecule has 33 heavy (non-hydrogen) atoms. The van der Waals surface area contributed by atoms with E-state index in [0.717, 1.165) is 16.7 Å². The number of hydrogen-bond acceptors (Lipinski definition) is 8. The number of anilines is 2. The molecular formula is C23H25N5O5. The van der Waals surface area contributed by atoms with Crippen molar-refractivity contribution >= 4 is 34.4 Å². The zero-order valence-corrected chi connectivity index (χ0v) is 18.7. The highest BCUT2D eigenvalue weighted by molar-refractivity contribution is 5.92. The first-order valence-corrected chi connectivity index (χ1v) is 10.4. The van der Waals surface area contributed by atoms with Crippen molar-refractivity contribution in [1.82, 2.24) is 14.9 Å². The maximum absolute atomic E-state index is 12.7. The molecule has 10 nitrogen and oxygen atoms in total. The third-order valence-electron chi connectivity index (χ3n) is 5.35. The molecule has 1 saturated heterocycles. The zero-order valence-electron chi connectivity index (χ0n) is 18.7. The van der Waals surface area contributed by atoms with Crippen molar-refractivity contribution in [2.75, 3.05) is 50.6 Å². The van der Waals surface area contributed by atoms with Crippen molar-refractivity contribution in [3.63, 3.8) is 0 Å². The van der Waals surface area contributed by atoms with Crippen LogP contribution in [0.15, 0.2) is 42.7 Å². The first-order valence-electron chi connectivity index (χ1n) is 10.4. The molecule has 10 heteroatoms. The van der Waals surface area contributed by atoms with E-state index in [1.165, 1.54) is 13.3 Å². The maximum atomic E-state index is 12.7. The van der Waals surface area contributed by atoms with Crippen molar-refractivity contribution in [2.24, 2.45) is 0 Å². The molecule has 0 radical (unpaired) electrons. The van der Waals surface area contributed by atoms with E-state index >= 15 is 0 Å². The highest BCUT2D eigenvalue weighted by Crippen LogP contribution is 2.35. The van der Waals surface area contributed by atoms with Gasteiger partial charge in [-0.05, 0) is 30.3 Å². The molecule has 0 bridgehead atoms. The second-order valence-electron chi connectivity index (χ2n) is 7.44. The molecule has 2 amide bonds. The van der Waals surface area contributed by atoms with Gasteiger partial charge < -0.3 is 29.3 Å². The van der Waals surface area contributed by atoms with Crippen molar-refractivity contribution in [3.05, 3.63) is 42.7 Å². The number of fused-ring (bicyclic) bond motifs is 1. The Labute approximate surface area is 191 Å². The fourth-order valence-electron chi connectivity index (χ4n) is 3.72. The third kappa shape index (κ3) is 4.89. The number of aromatic nitrogens is 2. The summed E-state index contributed by atoms with van der Waals surface area (Å²) in [6.45, 7) is 3.66. The summed E-state index contributed by atoms with van der Waals surface area (Å²) >= 11 is 0. The number of carbonyl (C=O) groups is 2. The number of ether oxygens (including phenoxy) is 3. The lowest BCUT2D eigenvalue weighted by Gasteiger charge is -2.35. The van der Waals surface area contributed by atoms with Gasteiger partial charge in [0.25, 0.3) is 0 Å². The molecular weight excluding hydrogens is 426 g/mol. The average Bonchev–Trinajstić information content (AvgIpc) is 2.83. The fourth-order valence-corrected chi connectivity index (χ4v) is 3.72. The van der Waals surface area contributed by atoms with Crippen molar-refractivity contribution in [3.8, 4) is 17.2 Å². The smallest absolute Gasteiger partial charge is 0.321 e. The van der Waals surface area contributed by atoms with Gasteiger partial charge in [0.15, 0.2) is 11.5 Å². The number of hydrogen-bond donors (Lipinski definition) is 1. The Morgan fingerprint density at radius 2 is 1.61 bits per heavy atom. The average molecular weight is 451 g/mol. The molecule has 0 aliphatic carbocycles. The molecule has 3 aromatic rings. The first-order chi connectivity index (χ1) is 16.0. The number of amides is 2. The Balaban J connectivity index is 1.42. The maximum Gasteiger partial charge on any atom is 0.321 e. The van der Waals surface area contributed by atoms with E-state index in [2.05, 4.69) is 20.2 Å². The lowest BCUT2D eigenvalue weighted by molar-refractivity contribution is -0.131. The molecule has 172 valence electrons. The summed E-state index contributed by atoms with van der Waals surface area (Å²) in [4.78, 5) is 36.5. The molecule has 2 heterocycles. The minimum Gasteiger partial charge on any atom is -0.493 e. The predicted octanol–water partition coefficient (Wildman–Crippen LogP) is 2.93. The topological polar surface area (TPSA) is 106 Å². The van der Waals surface area contributed by atoms with Crippen LogP contribution in [0.5, 0.6) is 17.2 Å². The van der Waals surface area contributed by atoms with E-state index in [-0.39, 0.29) is 6.03 Å². The summed E-state index contributed by atoms with van der Waals surface area (Å²) in [5, 5.41) is 3.74. The van der Waals surface area contributed by atoms with Gasteiger partial charge in [0.1, 0.15) is 17.9 Å². The van der Waals surface area contributed by atoms with E-state index in [0.29, 0.717) is 49.1 Å². The van der Waals surface area contributed by atoms with Crippen LogP contribution in [0.3, 0.4) is 0 Å². The SMILES string of the molecule is COc1cc2ncnc(N3CCN(C(=O)Nc4ccc(OC(C)=O)cc4)CC3)c2cc1OC. The molecule has 0 unspecified atom stereocenters. The van der Waals surface area contributed by atoms with Crippen LogP contribution in [0.25, 0.3) is 10.9 Å². The Kier molecular flexibility index (Phi) is 6.43. The summed E-state index contributed by atoms with van der Waals surface area (Å²) in [5.41, 5.74) is 1.39. The zero-order chi connectivity index (χ0) is 23.4. The summed E-state index contributed by atoms with van der Waals surface area (Å²) in [6.07, 6.45) is 1.53. The molecule has 4 rings (SSSR count). The highest BCUT2D eigenvalue weighted by atomic mass is 16.5. The third-order valence-corrected chi connectivity index (χ3v) is 5.35. The molecule has 0 spiro atoms. The second kappa shape index (κ2) is 9.60. The number of nitrogens with one attached hydrogen (secondary N) is 1. The Bertz CT molecular complexity index is 1160. The number of esters is 1. The molecule has 2 aromatic carbocycles. The van der Waals surface area contributed by atoms with Gasteiger partial charge in [-0.3, -0.25) is 4.79 Å². The van der Waals surface area contributed by atoms with Crippen LogP contribution >= 0.6 is 0 Å². The Morgan fingerprint density at radius 1 is 0.939 bits per heavy atom. The minimum absolute atomic E-state index is 0.186. The van der Waals surface area contributed by atoms with Crippen molar-refractivity contribution < 1.29 is 23.8 Å². The van der Waals surface area contributed by atoms with E-state index in [1.54, 1.807) is 43.4 Å². The van der Waals surface area contributed by atoms with Gasteiger partial charge in [-0.1, -0.05) is 0 Å². The van der Waals surface area contributed by atoms with Crippen molar-refractivity contribution in [1.29, 1.82) is 0 Å². The molecule has 1 aliphatic heterocycles. The predicted molar refractivity (Wildman–Crippen MR) is 123 cm³/mol. The van der Waals surface area contributed by atoms with Crippen LogP contribution in [0.1, 0.15) is 6.92 Å². The monoisotopic (exact) mass is 451 g/mol. The first kappa shape index (κ1) is 22.1. The fraction of sp³-hybridized carbons (Fsp3) is 0.304. The summed E-state index contributed by atoms with van der Waals surface area (Å²) < 4.78 is 15.8. The van der Waals surface area contributed by atoms with Crippen LogP contribution in [-0.4, -0.2) is 67.3 Å². The lowest BCUT2D eigenvalue weighted by Crippen LogP contribution is -2.50. The minimum atomic E-state index is -0.390. The standard InChI is InChI=1S/C23H25N5O5/c1-15(29)33-17-6-4-16(5-7-17)26-23(30)28-10-8-27(9-11-28)22-18-12-20(31-2)21(32-3)13-19(18)24-14-25-22/h4-7,12-14H,8-11H2,1-3H3,(H,26,30). The van der Waals surface area contributed by atoms with E-state index < -0.39 is 5.97 Å². The van der Waals surface area contributed by atoms with Crippen LogP contribution in [0.2, 0.25) is 0 Å².